The molecule has 1 N–H and O–H groups in total. The quantitative estimate of drug-likeness (QED) is 0.376. The molecule has 32 heavy (non-hydrogen) atoms. The van der Waals surface area contributed by atoms with Gasteiger partial charge in [0.25, 0.3) is 10.1 Å². The molecule has 0 aromatic rings. The van der Waals surface area contributed by atoms with Crippen LogP contribution in [0.15, 0.2) is 0 Å². The van der Waals surface area contributed by atoms with E-state index in [1.54, 1.807) is 6.92 Å². The van der Waals surface area contributed by atoms with Crippen LogP contribution in [0.3, 0.4) is 0 Å². The maximum atomic E-state index is 11.7. The van der Waals surface area contributed by atoms with E-state index in [2.05, 4.69) is 6.92 Å². The first-order chi connectivity index (χ1) is 15.0. The number of carbonyl (C=O) groups is 2. The molecule has 0 heterocycles. The van der Waals surface area contributed by atoms with Gasteiger partial charge in [0.2, 0.25) is 0 Å². The van der Waals surface area contributed by atoms with Crippen molar-refractivity contribution in [3.05, 3.63) is 0 Å². The van der Waals surface area contributed by atoms with Gasteiger partial charge in [-0.05, 0) is 76.0 Å². The van der Waals surface area contributed by atoms with Crippen molar-refractivity contribution >= 4 is 22.1 Å². The van der Waals surface area contributed by atoms with Gasteiger partial charge in [-0.15, -0.1) is 0 Å². The van der Waals surface area contributed by atoms with Crippen LogP contribution < -0.4 is 0 Å². The van der Waals surface area contributed by atoms with Crippen molar-refractivity contribution in [1.29, 1.82) is 0 Å². The molecule has 188 valence electrons. The maximum Gasteiger partial charge on any atom is 0.309 e. The molecule has 0 radical (unpaired) electrons. The molecular formula is C23H42O8S. The molecule has 2 fully saturated rings. The van der Waals surface area contributed by atoms with E-state index >= 15 is 0 Å². The van der Waals surface area contributed by atoms with Gasteiger partial charge in [-0.3, -0.25) is 13.8 Å². The van der Waals surface area contributed by atoms with Crippen LogP contribution in [0.25, 0.3) is 0 Å². The molecule has 0 spiro atoms. The first kappa shape index (κ1) is 28.8. The number of ether oxygens (including phenoxy) is 2. The van der Waals surface area contributed by atoms with Gasteiger partial charge in [-0.2, -0.15) is 8.42 Å². The van der Waals surface area contributed by atoms with Gasteiger partial charge in [-0.25, -0.2) is 0 Å². The number of carbonyl (C=O) groups excluding carboxylic acids is 2. The second kappa shape index (κ2) is 14.2. The van der Waals surface area contributed by atoms with Gasteiger partial charge in [0.1, 0.15) is 0 Å². The van der Waals surface area contributed by atoms with Gasteiger partial charge < -0.3 is 14.6 Å². The summed E-state index contributed by atoms with van der Waals surface area (Å²) in [4.78, 5) is 23.2. The lowest BCUT2D eigenvalue weighted by Gasteiger charge is -2.12. The lowest BCUT2D eigenvalue weighted by Crippen LogP contribution is -2.19. The standard InChI is InChI=1S/C12H22O5S.C11H20O3/c1-4-16-12(13)11-8-10(7-9(11)2)5-6-17-18(3,14)15;1-3-14-11(13)10-7-9(4-5-12)6-8(10)2/h9-11H,4-8H2,1-3H3;8-10,12H,3-7H2,1-2H3. The number of aliphatic hydroxyl groups excluding tert-OH is 1. The van der Waals surface area contributed by atoms with Crippen LogP contribution in [-0.4, -0.2) is 58.1 Å². The molecule has 0 bridgehead atoms. The van der Waals surface area contributed by atoms with Gasteiger partial charge in [0, 0.05) is 6.61 Å². The average molecular weight is 479 g/mol. The van der Waals surface area contributed by atoms with Crippen molar-refractivity contribution in [2.24, 2.45) is 35.5 Å². The Labute approximate surface area is 193 Å². The lowest BCUT2D eigenvalue weighted by molar-refractivity contribution is -0.150. The molecule has 2 saturated carbocycles. The van der Waals surface area contributed by atoms with Crippen molar-refractivity contribution in [1.82, 2.24) is 0 Å². The van der Waals surface area contributed by atoms with E-state index in [-0.39, 0.29) is 37.0 Å². The number of esters is 2. The Morgan fingerprint density at radius 3 is 1.66 bits per heavy atom. The number of hydrogen-bond donors (Lipinski definition) is 1. The zero-order chi connectivity index (χ0) is 24.3. The van der Waals surface area contributed by atoms with E-state index in [4.69, 9.17) is 18.8 Å². The molecule has 0 aromatic carbocycles. The van der Waals surface area contributed by atoms with Gasteiger partial charge in [0.15, 0.2) is 0 Å². The molecule has 9 heteroatoms. The fraction of sp³-hybridized carbons (Fsp3) is 0.913. The van der Waals surface area contributed by atoms with Crippen LogP contribution in [0.1, 0.15) is 66.2 Å². The van der Waals surface area contributed by atoms with E-state index in [0.717, 1.165) is 38.4 Å². The molecule has 6 atom stereocenters. The summed E-state index contributed by atoms with van der Waals surface area (Å²) in [5, 5.41) is 8.82. The summed E-state index contributed by atoms with van der Waals surface area (Å²) >= 11 is 0. The van der Waals surface area contributed by atoms with Crippen LogP contribution >= 0.6 is 0 Å². The molecule has 2 rings (SSSR count). The van der Waals surface area contributed by atoms with Gasteiger partial charge in [0.05, 0.1) is 37.9 Å². The Hall–Kier alpha value is -1.19. The third kappa shape index (κ3) is 10.2. The van der Waals surface area contributed by atoms with Crippen LogP contribution in [0.4, 0.5) is 0 Å². The minimum atomic E-state index is -3.36. The van der Waals surface area contributed by atoms with Crippen molar-refractivity contribution in [2.45, 2.75) is 66.2 Å². The normalized spacial score (nSPS) is 29.8. The number of rotatable bonds is 10. The van der Waals surface area contributed by atoms with E-state index in [0.29, 0.717) is 43.3 Å². The Morgan fingerprint density at radius 1 is 0.844 bits per heavy atom. The Kier molecular flexibility index (Phi) is 12.8. The molecule has 0 saturated heterocycles. The average Bonchev–Trinajstić information content (AvgIpc) is 3.24. The summed E-state index contributed by atoms with van der Waals surface area (Å²) in [6.07, 6.45) is 6.17. The second-order valence-corrected chi connectivity index (χ2v) is 10.8. The van der Waals surface area contributed by atoms with Gasteiger partial charge >= 0.3 is 11.9 Å². The van der Waals surface area contributed by atoms with Crippen LogP contribution in [-0.2, 0) is 33.4 Å². The minimum absolute atomic E-state index is 0.0480. The molecule has 6 unspecified atom stereocenters. The van der Waals surface area contributed by atoms with E-state index in [1.807, 2.05) is 13.8 Å². The maximum absolute atomic E-state index is 11.7. The Balaban J connectivity index is 0.000000330. The topological polar surface area (TPSA) is 116 Å². The highest BCUT2D eigenvalue weighted by Gasteiger charge is 2.37. The number of aliphatic hydroxyl groups is 1. The highest BCUT2D eigenvalue weighted by molar-refractivity contribution is 7.85. The van der Waals surface area contributed by atoms with Crippen LogP contribution in [0.5, 0.6) is 0 Å². The summed E-state index contributed by atoms with van der Waals surface area (Å²) in [6, 6.07) is 0. The first-order valence-corrected chi connectivity index (χ1v) is 13.6. The van der Waals surface area contributed by atoms with Crippen molar-refractivity contribution in [3.63, 3.8) is 0 Å². The van der Waals surface area contributed by atoms with E-state index in [9.17, 15) is 18.0 Å². The van der Waals surface area contributed by atoms with E-state index < -0.39 is 10.1 Å². The van der Waals surface area contributed by atoms with Crippen molar-refractivity contribution in [3.8, 4) is 0 Å². The monoisotopic (exact) mass is 478 g/mol. The second-order valence-electron chi connectivity index (χ2n) is 9.17. The SMILES string of the molecule is CCOC(=O)C1CC(CCO)CC1C.CCOC(=O)C1CC(CCOS(C)(=O)=O)CC1C. The van der Waals surface area contributed by atoms with Crippen molar-refractivity contribution in [2.75, 3.05) is 32.7 Å². The summed E-state index contributed by atoms with van der Waals surface area (Å²) in [7, 11) is -3.36. The van der Waals surface area contributed by atoms with Gasteiger partial charge in [-0.1, -0.05) is 13.8 Å². The third-order valence-electron chi connectivity index (χ3n) is 6.50. The third-order valence-corrected chi connectivity index (χ3v) is 7.09. The molecule has 0 aromatic heterocycles. The molecule has 0 amide bonds. The molecular weight excluding hydrogens is 436 g/mol. The first-order valence-electron chi connectivity index (χ1n) is 11.8. The Bertz CT molecular complexity index is 677. The zero-order valence-corrected chi connectivity index (χ0v) is 21.1. The molecule has 0 aliphatic heterocycles. The smallest absolute Gasteiger partial charge is 0.309 e. The molecule has 2 aliphatic carbocycles. The highest BCUT2D eigenvalue weighted by atomic mass is 32.2. The number of hydrogen-bond acceptors (Lipinski definition) is 8. The summed E-state index contributed by atoms with van der Waals surface area (Å²) in [6.45, 7) is 9.07. The van der Waals surface area contributed by atoms with E-state index in [1.165, 1.54) is 0 Å². The zero-order valence-electron chi connectivity index (χ0n) is 20.2. The predicted molar refractivity (Wildman–Crippen MR) is 121 cm³/mol. The summed E-state index contributed by atoms with van der Waals surface area (Å²) in [5.41, 5.74) is 0. The largest absolute Gasteiger partial charge is 0.466 e. The summed E-state index contributed by atoms with van der Waals surface area (Å²) in [5.74, 6) is 1.38. The van der Waals surface area contributed by atoms with Crippen LogP contribution in [0, 0.1) is 35.5 Å². The van der Waals surface area contributed by atoms with Crippen LogP contribution in [0.2, 0.25) is 0 Å². The fourth-order valence-corrected chi connectivity index (χ4v) is 5.33. The highest BCUT2D eigenvalue weighted by Crippen LogP contribution is 2.39. The molecule has 2 aliphatic rings. The lowest BCUT2D eigenvalue weighted by atomic mass is 9.99. The Morgan fingerprint density at radius 2 is 1.28 bits per heavy atom. The minimum Gasteiger partial charge on any atom is -0.466 e. The molecule has 8 nitrogen and oxygen atoms in total. The predicted octanol–water partition coefficient (Wildman–Crippen LogP) is 3.17. The fourth-order valence-electron chi connectivity index (χ4n) is 4.93. The summed E-state index contributed by atoms with van der Waals surface area (Å²) < 4.78 is 36.4. The van der Waals surface area contributed by atoms with Crippen molar-refractivity contribution < 1.29 is 36.8 Å².